The van der Waals surface area contributed by atoms with E-state index in [0.29, 0.717) is 11.7 Å². The van der Waals surface area contributed by atoms with E-state index in [1.165, 1.54) is 32.2 Å². The van der Waals surface area contributed by atoms with E-state index < -0.39 is 0 Å². The smallest absolute Gasteiger partial charge is 0.171 e. The molecule has 1 aliphatic heterocycles. The van der Waals surface area contributed by atoms with Crippen molar-refractivity contribution >= 4 is 6.29 Å². The molecule has 0 saturated carbocycles. The molecule has 1 aliphatic rings. The number of aromatic nitrogens is 3. The predicted octanol–water partition coefficient (Wildman–Crippen LogP) is 1.36. The lowest BCUT2D eigenvalue weighted by atomic mass is 10.0. The van der Waals surface area contributed by atoms with Crippen LogP contribution in [0.25, 0.3) is 0 Å². The molecule has 0 spiro atoms. The number of piperidine rings is 1. The third kappa shape index (κ3) is 3.12. The van der Waals surface area contributed by atoms with E-state index in [0.717, 1.165) is 19.4 Å². The molecule has 1 fully saturated rings. The minimum absolute atomic E-state index is 0.419. The zero-order chi connectivity index (χ0) is 12.1. The van der Waals surface area contributed by atoms with Crippen molar-refractivity contribution in [1.82, 2.24) is 19.9 Å². The normalized spacial score (nSPS) is 21.6. The predicted molar refractivity (Wildman–Crippen MR) is 64.9 cm³/mol. The second-order valence-corrected chi connectivity index (χ2v) is 4.67. The number of nitrogens with zero attached hydrogens (tertiary/aromatic N) is 4. The second-order valence-electron chi connectivity index (χ2n) is 4.67. The Morgan fingerprint density at radius 3 is 3.12 bits per heavy atom. The van der Waals surface area contributed by atoms with Gasteiger partial charge < -0.3 is 0 Å². The molecule has 0 N–H and O–H groups in total. The Morgan fingerprint density at radius 2 is 2.41 bits per heavy atom. The van der Waals surface area contributed by atoms with Crippen LogP contribution in [0.1, 0.15) is 43.1 Å². The summed E-state index contributed by atoms with van der Waals surface area (Å²) >= 11 is 0. The largest absolute Gasteiger partial charge is 0.299 e. The van der Waals surface area contributed by atoms with Crippen LogP contribution >= 0.6 is 0 Å². The lowest BCUT2D eigenvalue weighted by molar-refractivity contribution is 0.111. The molecular weight excluding hydrogens is 216 g/mol. The Hall–Kier alpha value is -1.23. The molecule has 0 radical (unpaired) electrons. The molecule has 2 heterocycles. The molecule has 1 atom stereocenters. The van der Waals surface area contributed by atoms with Crippen LogP contribution in [-0.4, -0.2) is 45.3 Å². The zero-order valence-corrected chi connectivity index (χ0v) is 10.4. The minimum atomic E-state index is 0.419. The van der Waals surface area contributed by atoms with Gasteiger partial charge in [-0.25, -0.2) is 0 Å². The lowest BCUT2D eigenvalue weighted by Gasteiger charge is -2.35. The van der Waals surface area contributed by atoms with E-state index in [9.17, 15) is 4.79 Å². The van der Waals surface area contributed by atoms with Gasteiger partial charge in [0.2, 0.25) is 0 Å². The molecule has 5 nitrogen and oxygen atoms in total. The Bertz CT molecular complexity index is 361. The van der Waals surface area contributed by atoms with Crippen molar-refractivity contribution in [3.05, 3.63) is 11.9 Å². The van der Waals surface area contributed by atoms with Gasteiger partial charge in [0.1, 0.15) is 5.69 Å². The van der Waals surface area contributed by atoms with Crippen LogP contribution in [0.4, 0.5) is 0 Å². The fourth-order valence-corrected chi connectivity index (χ4v) is 2.52. The molecule has 1 aromatic heterocycles. The van der Waals surface area contributed by atoms with Crippen molar-refractivity contribution in [2.75, 3.05) is 13.1 Å². The van der Waals surface area contributed by atoms with Crippen LogP contribution in [0.5, 0.6) is 0 Å². The Morgan fingerprint density at radius 1 is 1.53 bits per heavy atom. The van der Waals surface area contributed by atoms with Crippen molar-refractivity contribution < 1.29 is 4.79 Å². The number of hydrogen-bond acceptors (Lipinski definition) is 4. The van der Waals surface area contributed by atoms with Gasteiger partial charge in [-0.15, -0.1) is 5.10 Å². The first kappa shape index (κ1) is 12.2. The SMILES string of the molecule is CCCN1CCCC[C@@H]1Cn1cc(C=O)nn1. The van der Waals surface area contributed by atoms with Gasteiger partial charge in [-0.1, -0.05) is 18.6 Å². The van der Waals surface area contributed by atoms with Gasteiger partial charge in [0.25, 0.3) is 0 Å². The average Bonchev–Trinajstić information content (AvgIpc) is 2.80. The molecule has 5 heteroatoms. The van der Waals surface area contributed by atoms with Gasteiger partial charge in [0, 0.05) is 6.04 Å². The van der Waals surface area contributed by atoms with Gasteiger partial charge >= 0.3 is 0 Å². The highest BCUT2D eigenvalue weighted by molar-refractivity contribution is 5.70. The molecular formula is C12H20N4O. The topological polar surface area (TPSA) is 51.0 Å². The summed E-state index contributed by atoms with van der Waals surface area (Å²) in [6.45, 7) is 5.40. The molecule has 0 unspecified atom stereocenters. The van der Waals surface area contributed by atoms with E-state index in [1.54, 1.807) is 10.9 Å². The summed E-state index contributed by atoms with van der Waals surface area (Å²) in [6.07, 6.45) is 7.47. The zero-order valence-electron chi connectivity index (χ0n) is 10.4. The standard InChI is InChI=1S/C12H20N4O/c1-2-6-15-7-4-3-5-12(15)9-16-8-11(10-17)13-14-16/h8,10,12H,2-7,9H2,1H3/t12-/m1/s1. The van der Waals surface area contributed by atoms with Crippen LogP contribution in [0.15, 0.2) is 6.20 Å². The fraction of sp³-hybridized carbons (Fsp3) is 0.750. The second kappa shape index (κ2) is 5.91. The summed E-state index contributed by atoms with van der Waals surface area (Å²) in [6, 6.07) is 0.546. The Labute approximate surface area is 102 Å². The van der Waals surface area contributed by atoms with Crippen LogP contribution in [0, 0.1) is 0 Å². The summed E-state index contributed by atoms with van der Waals surface area (Å²) in [7, 11) is 0. The number of aldehydes is 1. The first-order valence-electron chi connectivity index (χ1n) is 6.43. The van der Waals surface area contributed by atoms with E-state index in [-0.39, 0.29) is 0 Å². The van der Waals surface area contributed by atoms with Gasteiger partial charge in [0.15, 0.2) is 6.29 Å². The Kier molecular flexibility index (Phi) is 4.25. The maximum absolute atomic E-state index is 10.6. The van der Waals surface area contributed by atoms with Gasteiger partial charge in [-0.3, -0.25) is 14.4 Å². The highest BCUT2D eigenvalue weighted by Gasteiger charge is 2.22. The molecule has 1 aromatic rings. The monoisotopic (exact) mass is 236 g/mol. The third-order valence-corrected chi connectivity index (χ3v) is 3.33. The van der Waals surface area contributed by atoms with E-state index >= 15 is 0 Å². The first-order valence-corrected chi connectivity index (χ1v) is 6.43. The fourth-order valence-electron chi connectivity index (χ4n) is 2.52. The van der Waals surface area contributed by atoms with Crippen LogP contribution in [0.2, 0.25) is 0 Å². The number of carbonyl (C=O) groups excluding carboxylic acids is 1. The van der Waals surface area contributed by atoms with Crippen molar-refractivity contribution in [1.29, 1.82) is 0 Å². The van der Waals surface area contributed by atoms with Gasteiger partial charge in [-0.05, 0) is 32.4 Å². The molecule has 0 aliphatic carbocycles. The number of likely N-dealkylation sites (tertiary alicyclic amines) is 1. The molecule has 0 aromatic carbocycles. The average molecular weight is 236 g/mol. The minimum Gasteiger partial charge on any atom is -0.299 e. The summed E-state index contributed by atoms with van der Waals surface area (Å²) in [5.41, 5.74) is 0.419. The molecule has 94 valence electrons. The molecule has 0 bridgehead atoms. The maximum Gasteiger partial charge on any atom is 0.171 e. The van der Waals surface area contributed by atoms with Crippen molar-refractivity contribution in [3.63, 3.8) is 0 Å². The van der Waals surface area contributed by atoms with Crippen molar-refractivity contribution in [3.8, 4) is 0 Å². The summed E-state index contributed by atoms with van der Waals surface area (Å²) in [5.74, 6) is 0. The summed E-state index contributed by atoms with van der Waals surface area (Å²) < 4.78 is 1.79. The Balaban J connectivity index is 1.97. The van der Waals surface area contributed by atoms with Crippen LogP contribution < -0.4 is 0 Å². The van der Waals surface area contributed by atoms with Crippen molar-refractivity contribution in [2.45, 2.75) is 45.2 Å². The lowest BCUT2D eigenvalue weighted by Crippen LogP contribution is -2.42. The summed E-state index contributed by atoms with van der Waals surface area (Å²) in [4.78, 5) is 13.1. The van der Waals surface area contributed by atoms with E-state index in [1.807, 2.05) is 0 Å². The van der Waals surface area contributed by atoms with E-state index in [4.69, 9.17) is 0 Å². The first-order chi connectivity index (χ1) is 8.33. The van der Waals surface area contributed by atoms with E-state index in [2.05, 4.69) is 22.1 Å². The quantitative estimate of drug-likeness (QED) is 0.724. The van der Waals surface area contributed by atoms with Crippen LogP contribution in [-0.2, 0) is 6.54 Å². The highest BCUT2D eigenvalue weighted by atomic mass is 16.1. The number of rotatable bonds is 5. The maximum atomic E-state index is 10.6. The van der Waals surface area contributed by atoms with Crippen LogP contribution in [0.3, 0.4) is 0 Å². The molecule has 0 amide bonds. The van der Waals surface area contributed by atoms with Gasteiger partial charge in [0.05, 0.1) is 12.7 Å². The number of carbonyl (C=O) groups is 1. The highest BCUT2D eigenvalue weighted by Crippen LogP contribution is 2.18. The summed E-state index contributed by atoms with van der Waals surface area (Å²) in [5, 5.41) is 7.78. The molecule has 2 rings (SSSR count). The van der Waals surface area contributed by atoms with Gasteiger partial charge in [-0.2, -0.15) is 0 Å². The number of hydrogen-bond donors (Lipinski definition) is 0. The molecule has 17 heavy (non-hydrogen) atoms. The third-order valence-electron chi connectivity index (χ3n) is 3.33. The van der Waals surface area contributed by atoms with Crippen molar-refractivity contribution in [2.24, 2.45) is 0 Å². The molecule has 1 saturated heterocycles.